The van der Waals surface area contributed by atoms with E-state index in [1.165, 1.54) is 27.3 Å². The largest absolute Gasteiger partial charge is 0.135 e. The van der Waals surface area contributed by atoms with Crippen LogP contribution in [0.5, 0.6) is 0 Å². The van der Waals surface area contributed by atoms with Crippen molar-refractivity contribution in [2.24, 2.45) is 0 Å². The van der Waals surface area contributed by atoms with Crippen molar-refractivity contribution in [3.05, 3.63) is 14.7 Å². The highest BCUT2D eigenvalue weighted by Crippen LogP contribution is 2.40. The highest BCUT2D eigenvalue weighted by molar-refractivity contribution is 9.11. The van der Waals surface area contributed by atoms with Crippen molar-refractivity contribution in [3.63, 3.8) is 0 Å². The third kappa shape index (κ3) is 1.15. The zero-order valence-corrected chi connectivity index (χ0v) is 8.61. The monoisotopic (exact) mass is 234 g/mol. The lowest BCUT2D eigenvalue weighted by atomic mass is 10.2. The van der Waals surface area contributed by atoms with Gasteiger partial charge in [0.15, 0.2) is 0 Å². The minimum Gasteiger partial charge on any atom is -0.135 e. The standard InChI is InChI=1S/C7H7BrS2/c8-7-6-5(4-10-7)2-1-3-9-6/h4H,1-3H2. The summed E-state index contributed by atoms with van der Waals surface area (Å²) in [5, 5.41) is 2.27. The average molecular weight is 235 g/mol. The molecule has 2 heterocycles. The van der Waals surface area contributed by atoms with E-state index in [4.69, 9.17) is 0 Å². The first-order valence-electron chi connectivity index (χ1n) is 3.26. The number of thioether (sulfide) groups is 1. The highest BCUT2D eigenvalue weighted by Gasteiger charge is 2.13. The van der Waals surface area contributed by atoms with Gasteiger partial charge in [-0.1, -0.05) is 0 Å². The Labute approximate surface area is 77.2 Å². The highest BCUT2D eigenvalue weighted by atomic mass is 79.9. The number of halogens is 1. The van der Waals surface area contributed by atoms with E-state index in [0.717, 1.165) is 0 Å². The molecule has 0 saturated carbocycles. The Morgan fingerprint density at radius 3 is 3.20 bits per heavy atom. The Balaban J connectivity index is 2.45. The van der Waals surface area contributed by atoms with Gasteiger partial charge in [0.1, 0.15) is 0 Å². The molecule has 1 aliphatic rings. The van der Waals surface area contributed by atoms with Crippen LogP contribution in [-0.2, 0) is 6.42 Å². The molecule has 0 fully saturated rings. The number of thiophene rings is 1. The molecule has 0 spiro atoms. The summed E-state index contributed by atoms with van der Waals surface area (Å²) in [6.07, 6.45) is 2.63. The molecule has 0 amide bonds. The van der Waals surface area contributed by atoms with E-state index in [1.807, 2.05) is 23.1 Å². The van der Waals surface area contributed by atoms with E-state index in [1.54, 1.807) is 5.56 Å². The van der Waals surface area contributed by atoms with Crippen molar-refractivity contribution in [2.75, 3.05) is 5.75 Å². The van der Waals surface area contributed by atoms with Crippen LogP contribution in [0.4, 0.5) is 0 Å². The Morgan fingerprint density at radius 1 is 1.50 bits per heavy atom. The molecule has 1 aliphatic heterocycles. The molecule has 2 rings (SSSR count). The number of fused-ring (bicyclic) bond motifs is 1. The van der Waals surface area contributed by atoms with Crippen LogP contribution in [-0.4, -0.2) is 5.75 Å². The predicted octanol–water partition coefficient (Wildman–Crippen LogP) is 3.55. The van der Waals surface area contributed by atoms with Crippen LogP contribution in [0, 0.1) is 0 Å². The third-order valence-electron chi connectivity index (χ3n) is 1.61. The number of hydrogen-bond donors (Lipinski definition) is 0. The zero-order valence-electron chi connectivity index (χ0n) is 5.39. The van der Waals surface area contributed by atoms with Gasteiger partial charge in [-0.25, -0.2) is 0 Å². The summed E-state index contributed by atoms with van der Waals surface area (Å²) in [6, 6.07) is 0. The van der Waals surface area contributed by atoms with Crippen molar-refractivity contribution >= 4 is 39.0 Å². The fourth-order valence-corrected chi connectivity index (χ4v) is 4.06. The molecule has 3 heteroatoms. The van der Waals surface area contributed by atoms with Gasteiger partial charge in [-0.15, -0.1) is 23.1 Å². The lowest BCUT2D eigenvalue weighted by Crippen LogP contribution is -1.94. The summed E-state index contributed by atoms with van der Waals surface area (Å²) < 4.78 is 1.33. The molecule has 1 aromatic rings. The van der Waals surface area contributed by atoms with Gasteiger partial charge in [0.2, 0.25) is 0 Å². The minimum atomic E-state index is 1.28. The van der Waals surface area contributed by atoms with Crippen molar-refractivity contribution in [2.45, 2.75) is 17.7 Å². The lowest BCUT2D eigenvalue weighted by molar-refractivity contribution is 0.897. The fraction of sp³-hybridized carbons (Fsp3) is 0.429. The van der Waals surface area contributed by atoms with Crippen LogP contribution in [0.3, 0.4) is 0 Å². The number of aryl methyl sites for hydroxylation is 1. The predicted molar refractivity (Wildman–Crippen MR) is 51.1 cm³/mol. The first-order valence-corrected chi connectivity index (χ1v) is 5.92. The maximum Gasteiger partial charge on any atom is 0.0836 e. The molecule has 0 aliphatic carbocycles. The Hall–Kier alpha value is 0.530. The quantitative estimate of drug-likeness (QED) is 0.662. The zero-order chi connectivity index (χ0) is 6.97. The van der Waals surface area contributed by atoms with Crippen molar-refractivity contribution in [3.8, 4) is 0 Å². The first kappa shape index (κ1) is 7.19. The second-order valence-electron chi connectivity index (χ2n) is 2.32. The smallest absolute Gasteiger partial charge is 0.0836 e. The van der Waals surface area contributed by atoms with Gasteiger partial charge in [-0.05, 0) is 45.5 Å². The topological polar surface area (TPSA) is 0 Å². The summed E-state index contributed by atoms with van der Waals surface area (Å²) in [6.45, 7) is 0. The van der Waals surface area contributed by atoms with Crippen LogP contribution >= 0.6 is 39.0 Å². The van der Waals surface area contributed by atoms with Gasteiger partial charge in [-0.3, -0.25) is 0 Å². The molecule has 0 saturated heterocycles. The van der Waals surface area contributed by atoms with Gasteiger partial charge in [0.05, 0.1) is 3.79 Å². The molecular weight excluding hydrogens is 228 g/mol. The molecule has 0 unspecified atom stereocenters. The van der Waals surface area contributed by atoms with Crippen molar-refractivity contribution in [1.82, 2.24) is 0 Å². The van der Waals surface area contributed by atoms with Crippen LogP contribution < -0.4 is 0 Å². The van der Waals surface area contributed by atoms with Crippen LogP contribution in [0.15, 0.2) is 14.1 Å². The van der Waals surface area contributed by atoms with E-state index in [2.05, 4.69) is 21.3 Å². The van der Waals surface area contributed by atoms with Gasteiger partial charge in [0, 0.05) is 4.90 Å². The van der Waals surface area contributed by atoms with E-state index in [-0.39, 0.29) is 0 Å². The molecule has 0 radical (unpaired) electrons. The molecule has 0 N–H and O–H groups in total. The normalized spacial score (nSPS) is 16.9. The molecule has 0 nitrogen and oxygen atoms in total. The van der Waals surface area contributed by atoms with E-state index in [9.17, 15) is 0 Å². The van der Waals surface area contributed by atoms with Gasteiger partial charge in [-0.2, -0.15) is 0 Å². The summed E-state index contributed by atoms with van der Waals surface area (Å²) in [5.41, 5.74) is 1.55. The van der Waals surface area contributed by atoms with E-state index >= 15 is 0 Å². The summed E-state index contributed by atoms with van der Waals surface area (Å²) in [5.74, 6) is 1.29. The van der Waals surface area contributed by atoms with E-state index < -0.39 is 0 Å². The molecule has 0 bridgehead atoms. The maximum absolute atomic E-state index is 3.55. The Kier molecular flexibility index (Phi) is 2.07. The summed E-state index contributed by atoms with van der Waals surface area (Å²) >= 11 is 7.35. The number of rotatable bonds is 0. The van der Waals surface area contributed by atoms with E-state index in [0.29, 0.717) is 0 Å². The molecule has 0 atom stereocenters. The minimum absolute atomic E-state index is 1.28. The van der Waals surface area contributed by atoms with Gasteiger partial charge in [0.25, 0.3) is 0 Å². The average Bonchev–Trinajstić information content (AvgIpc) is 2.34. The summed E-state index contributed by atoms with van der Waals surface area (Å²) in [7, 11) is 0. The first-order chi connectivity index (χ1) is 4.88. The molecular formula is C7H7BrS2. The van der Waals surface area contributed by atoms with Crippen molar-refractivity contribution in [1.29, 1.82) is 0 Å². The van der Waals surface area contributed by atoms with Gasteiger partial charge < -0.3 is 0 Å². The number of hydrogen-bond acceptors (Lipinski definition) is 2. The second kappa shape index (κ2) is 2.88. The van der Waals surface area contributed by atoms with Crippen molar-refractivity contribution < 1.29 is 0 Å². The van der Waals surface area contributed by atoms with Crippen LogP contribution in [0.25, 0.3) is 0 Å². The second-order valence-corrected chi connectivity index (χ2v) is 5.62. The fourth-order valence-electron chi connectivity index (χ4n) is 1.11. The van der Waals surface area contributed by atoms with Gasteiger partial charge >= 0.3 is 0 Å². The molecule has 54 valence electrons. The SMILES string of the molecule is Brc1scc2c1SCCC2. The maximum atomic E-state index is 3.55. The summed E-state index contributed by atoms with van der Waals surface area (Å²) in [4.78, 5) is 1.50. The Bertz CT molecular complexity index is 242. The van der Waals surface area contributed by atoms with Crippen LogP contribution in [0.2, 0.25) is 0 Å². The third-order valence-corrected chi connectivity index (χ3v) is 5.02. The lowest BCUT2D eigenvalue weighted by Gasteiger charge is -2.09. The molecule has 10 heavy (non-hydrogen) atoms. The molecule has 1 aromatic heterocycles. The molecule has 0 aromatic carbocycles. The van der Waals surface area contributed by atoms with Crippen LogP contribution in [0.1, 0.15) is 12.0 Å². The Morgan fingerprint density at radius 2 is 2.40 bits per heavy atom.